The van der Waals surface area contributed by atoms with Crippen molar-refractivity contribution in [2.24, 2.45) is 5.10 Å². The van der Waals surface area contributed by atoms with Gasteiger partial charge >= 0.3 is 5.91 Å². The highest BCUT2D eigenvalue weighted by Crippen LogP contribution is 2.33. The van der Waals surface area contributed by atoms with E-state index in [2.05, 4.69) is 41.1 Å². The minimum Gasteiger partial charge on any atom is -0.496 e. The Labute approximate surface area is 215 Å². The van der Waals surface area contributed by atoms with Crippen LogP contribution in [0.25, 0.3) is 5.69 Å². The number of methoxy groups -OCH3 is 3. The molecule has 192 valence electrons. The third-order valence-electron chi connectivity index (χ3n) is 5.74. The standard InChI is InChI=1S/C28H29N3O6/c1-18-6-7-19(2)31(18)21-8-10-22(11-9-21)36-17-23-12-13-24(37-23)28(32)30-29-16-20-14-26(34-4)27(35-5)15-25(20)33-3/h6-16H,17H2,1-5H3,(H,30,32)/b29-16+. The Kier molecular flexibility index (Phi) is 7.83. The van der Waals surface area contributed by atoms with Gasteiger partial charge in [-0.2, -0.15) is 5.10 Å². The van der Waals surface area contributed by atoms with Gasteiger partial charge in [0.1, 0.15) is 23.9 Å². The van der Waals surface area contributed by atoms with Crippen LogP contribution in [-0.2, 0) is 6.61 Å². The van der Waals surface area contributed by atoms with Crippen LogP contribution in [0.2, 0.25) is 0 Å². The van der Waals surface area contributed by atoms with E-state index in [9.17, 15) is 4.79 Å². The van der Waals surface area contributed by atoms with E-state index < -0.39 is 5.91 Å². The number of hydrazone groups is 1. The fourth-order valence-corrected chi connectivity index (χ4v) is 3.87. The van der Waals surface area contributed by atoms with E-state index in [0.717, 1.165) is 5.69 Å². The highest BCUT2D eigenvalue weighted by Gasteiger charge is 2.13. The predicted molar refractivity (Wildman–Crippen MR) is 139 cm³/mol. The van der Waals surface area contributed by atoms with Crippen molar-refractivity contribution >= 4 is 12.1 Å². The second-order valence-corrected chi connectivity index (χ2v) is 8.15. The monoisotopic (exact) mass is 503 g/mol. The fraction of sp³-hybridized carbons (Fsp3) is 0.214. The SMILES string of the molecule is COc1cc(OC)c(OC)cc1/C=N/NC(=O)c1ccc(COc2ccc(-n3c(C)ccc3C)cc2)o1. The number of carbonyl (C=O) groups is 1. The van der Waals surface area contributed by atoms with Crippen LogP contribution < -0.4 is 24.4 Å². The number of furan rings is 1. The second-order valence-electron chi connectivity index (χ2n) is 8.15. The molecule has 0 fully saturated rings. The van der Waals surface area contributed by atoms with E-state index in [1.165, 1.54) is 38.9 Å². The topological polar surface area (TPSA) is 96.5 Å². The Morgan fingerprint density at radius 1 is 0.892 bits per heavy atom. The lowest BCUT2D eigenvalue weighted by Gasteiger charge is -2.11. The lowest BCUT2D eigenvalue weighted by molar-refractivity contribution is 0.0923. The molecule has 2 heterocycles. The third kappa shape index (κ3) is 5.78. The molecule has 0 radical (unpaired) electrons. The zero-order valence-corrected chi connectivity index (χ0v) is 21.4. The van der Waals surface area contributed by atoms with Crippen molar-refractivity contribution in [2.45, 2.75) is 20.5 Å². The molecule has 1 amide bonds. The second kappa shape index (κ2) is 11.4. The van der Waals surface area contributed by atoms with Gasteiger partial charge in [0.15, 0.2) is 17.3 Å². The summed E-state index contributed by atoms with van der Waals surface area (Å²) in [7, 11) is 4.60. The van der Waals surface area contributed by atoms with Crippen molar-refractivity contribution in [3.05, 3.63) is 89.1 Å². The molecule has 0 spiro atoms. The van der Waals surface area contributed by atoms with Gasteiger partial charge in [-0.15, -0.1) is 0 Å². The smallest absolute Gasteiger partial charge is 0.307 e. The summed E-state index contributed by atoms with van der Waals surface area (Å²) >= 11 is 0. The molecule has 0 atom stereocenters. The minimum atomic E-state index is -0.497. The number of hydrogen-bond donors (Lipinski definition) is 1. The van der Waals surface area contributed by atoms with Crippen LogP contribution in [0, 0.1) is 13.8 Å². The van der Waals surface area contributed by atoms with Crippen LogP contribution in [0.3, 0.4) is 0 Å². The number of rotatable bonds is 10. The molecule has 0 saturated heterocycles. The molecule has 4 rings (SSSR count). The quantitative estimate of drug-likeness (QED) is 0.240. The van der Waals surface area contributed by atoms with E-state index in [4.69, 9.17) is 23.4 Å². The van der Waals surface area contributed by atoms with Gasteiger partial charge in [-0.3, -0.25) is 4.79 Å². The van der Waals surface area contributed by atoms with Crippen LogP contribution >= 0.6 is 0 Å². The average molecular weight is 504 g/mol. The number of nitrogens with one attached hydrogen (secondary N) is 1. The van der Waals surface area contributed by atoms with Crippen LogP contribution in [0.15, 0.2) is 70.2 Å². The molecule has 0 saturated carbocycles. The highest BCUT2D eigenvalue weighted by atomic mass is 16.5. The molecule has 2 aromatic carbocycles. The molecule has 9 heteroatoms. The van der Waals surface area contributed by atoms with Crippen molar-refractivity contribution < 1.29 is 28.2 Å². The first kappa shape index (κ1) is 25.4. The molecule has 0 bridgehead atoms. The molecule has 2 aromatic heterocycles. The summed E-state index contributed by atoms with van der Waals surface area (Å²) in [4.78, 5) is 12.5. The summed E-state index contributed by atoms with van der Waals surface area (Å²) in [6, 6.07) is 18.6. The fourth-order valence-electron chi connectivity index (χ4n) is 3.87. The maximum atomic E-state index is 12.5. The van der Waals surface area contributed by atoms with Crippen molar-refractivity contribution in [2.75, 3.05) is 21.3 Å². The van der Waals surface area contributed by atoms with Gasteiger partial charge < -0.3 is 27.9 Å². The molecule has 4 aromatic rings. The number of ether oxygens (including phenoxy) is 4. The summed E-state index contributed by atoms with van der Waals surface area (Å²) in [5, 5.41) is 4.01. The molecule has 0 aliphatic heterocycles. The Morgan fingerprint density at radius 3 is 2.19 bits per heavy atom. The van der Waals surface area contributed by atoms with E-state index in [-0.39, 0.29) is 12.4 Å². The van der Waals surface area contributed by atoms with Crippen LogP contribution in [0.1, 0.15) is 33.3 Å². The van der Waals surface area contributed by atoms with E-state index in [1.807, 2.05) is 24.3 Å². The zero-order valence-electron chi connectivity index (χ0n) is 21.4. The van der Waals surface area contributed by atoms with Crippen molar-refractivity contribution in [1.29, 1.82) is 0 Å². The summed E-state index contributed by atoms with van der Waals surface area (Å²) in [6.07, 6.45) is 1.45. The highest BCUT2D eigenvalue weighted by molar-refractivity contribution is 5.93. The van der Waals surface area contributed by atoms with E-state index in [1.54, 1.807) is 24.3 Å². The molecular weight excluding hydrogens is 474 g/mol. The Balaban J connectivity index is 1.34. The molecule has 37 heavy (non-hydrogen) atoms. The molecule has 0 aliphatic carbocycles. The summed E-state index contributed by atoms with van der Waals surface area (Å²) in [5.41, 5.74) is 6.44. The molecule has 1 N–H and O–H groups in total. The van der Waals surface area contributed by atoms with Gasteiger partial charge in [0.2, 0.25) is 0 Å². The minimum absolute atomic E-state index is 0.115. The maximum absolute atomic E-state index is 12.5. The molecular formula is C28H29N3O6. The number of aryl methyl sites for hydroxylation is 2. The Bertz CT molecular complexity index is 1380. The van der Waals surface area contributed by atoms with E-state index in [0.29, 0.717) is 34.3 Å². The van der Waals surface area contributed by atoms with Crippen molar-refractivity contribution in [3.63, 3.8) is 0 Å². The number of amides is 1. The Morgan fingerprint density at radius 2 is 1.54 bits per heavy atom. The largest absolute Gasteiger partial charge is 0.496 e. The van der Waals surface area contributed by atoms with E-state index >= 15 is 0 Å². The van der Waals surface area contributed by atoms with Gasteiger partial charge in [-0.25, -0.2) is 5.43 Å². The first-order valence-corrected chi connectivity index (χ1v) is 11.5. The first-order chi connectivity index (χ1) is 17.9. The van der Waals surface area contributed by atoms with Crippen LogP contribution in [0.5, 0.6) is 23.0 Å². The van der Waals surface area contributed by atoms with Crippen molar-refractivity contribution in [1.82, 2.24) is 9.99 Å². The number of nitrogens with zero attached hydrogens (tertiary/aromatic N) is 2. The maximum Gasteiger partial charge on any atom is 0.307 e. The predicted octanol–water partition coefficient (Wildman–Crippen LogP) is 5.06. The third-order valence-corrected chi connectivity index (χ3v) is 5.74. The van der Waals surface area contributed by atoms with Crippen LogP contribution in [-0.4, -0.2) is 38.0 Å². The molecule has 0 unspecified atom stereocenters. The number of hydrogen-bond acceptors (Lipinski definition) is 7. The van der Waals surface area contributed by atoms with Gasteiger partial charge in [0, 0.05) is 28.7 Å². The normalized spacial score (nSPS) is 10.9. The molecule has 0 aliphatic rings. The van der Waals surface area contributed by atoms with Gasteiger partial charge in [0.05, 0.1) is 27.5 Å². The Hall–Kier alpha value is -4.66. The molecule has 9 nitrogen and oxygen atoms in total. The van der Waals surface area contributed by atoms with Gasteiger partial charge in [-0.05, 0) is 68.4 Å². The van der Waals surface area contributed by atoms with Crippen LogP contribution in [0.4, 0.5) is 0 Å². The summed E-state index contributed by atoms with van der Waals surface area (Å²) < 4.78 is 29.5. The number of benzene rings is 2. The zero-order chi connectivity index (χ0) is 26.4. The first-order valence-electron chi connectivity index (χ1n) is 11.5. The lowest BCUT2D eigenvalue weighted by atomic mass is 10.2. The average Bonchev–Trinajstić information content (AvgIpc) is 3.53. The summed E-state index contributed by atoms with van der Waals surface area (Å²) in [6.45, 7) is 4.32. The van der Waals surface area contributed by atoms with Gasteiger partial charge in [0.25, 0.3) is 0 Å². The number of aromatic nitrogens is 1. The summed E-state index contributed by atoms with van der Waals surface area (Å²) in [5.74, 6) is 2.37. The van der Waals surface area contributed by atoms with Gasteiger partial charge in [-0.1, -0.05) is 0 Å². The van der Waals surface area contributed by atoms with Crippen molar-refractivity contribution in [3.8, 4) is 28.7 Å². The lowest BCUT2D eigenvalue weighted by Crippen LogP contribution is -2.16. The number of carbonyl (C=O) groups excluding carboxylic acids is 1.